The van der Waals surface area contributed by atoms with Gasteiger partial charge in [-0.15, -0.1) is 0 Å². The maximum Gasteiger partial charge on any atom is 0.120 e. The summed E-state index contributed by atoms with van der Waals surface area (Å²) in [6.07, 6.45) is 0.694. The molecule has 0 aromatic heterocycles. The summed E-state index contributed by atoms with van der Waals surface area (Å²) in [5.74, 6) is 0.753. The fourth-order valence-corrected chi connectivity index (χ4v) is 2.01. The number of benzene rings is 1. The van der Waals surface area contributed by atoms with Crippen molar-refractivity contribution in [3.63, 3.8) is 0 Å². The number of methoxy groups -OCH3 is 1. The molecule has 0 spiro atoms. The van der Waals surface area contributed by atoms with Crippen LogP contribution in [0.2, 0.25) is 5.02 Å². The molecule has 0 fully saturated rings. The SMILES string of the molecule is COc1ccc(C(C)(C)CCO)c(Cl)c1. The lowest BCUT2D eigenvalue weighted by molar-refractivity contribution is 0.252. The first-order valence-corrected chi connectivity index (χ1v) is 5.34. The third kappa shape index (κ3) is 2.86. The third-order valence-corrected chi connectivity index (χ3v) is 2.95. The van der Waals surface area contributed by atoms with Gasteiger partial charge in [-0.1, -0.05) is 31.5 Å². The topological polar surface area (TPSA) is 29.5 Å². The molecule has 0 unspecified atom stereocenters. The first-order valence-electron chi connectivity index (χ1n) is 4.96. The average Bonchev–Trinajstić information content (AvgIpc) is 2.17. The normalized spacial score (nSPS) is 11.5. The van der Waals surface area contributed by atoms with Gasteiger partial charge in [-0.3, -0.25) is 0 Å². The third-order valence-electron chi connectivity index (χ3n) is 2.64. The number of aliphatic hydroxyl groups is 1. The number of aliphatic hydroxyl groups excluding tert-OH is 1. The zero-order valence-corrected chi connectivity index (χ0v) is 10.1. The van der Waals surface area contributed by atoms with E-state index >= 15 is 0 Å². The summed E-state index contributed by atoms with van der Waals surface area (Å²) in [6, 6.07) is 5.65. The van der Waals surface area contributed by atoms with Crippen LogP contribution in [0.3, 0.4) is 0 Å². The first-order chi connectivity index (χ1) is 7.01. The second kappa shape index (κ2) is 4.86. The summed E-state index contributed by atoms with van der Waals surface area (Å²) < 4.78 is 5.09. The maximum atomic E-state index is 8.99. The van der Waals surface area contributed by atoms with E-state index in [2.05, 4.69) is 13.8 Å². The Bertz CT molecular complexity index is 334. The van der Waals surface area contributed by atoms with Crippen LogP contribution >= 0.6 is 11.6 Å². The molecule has 84 valence electrons. The van der Waals surface area contributed by atoms with Crippen LogP contribution in [0.15, 0.2) is 18.2 Å². The number of halogens is 1. The van der Waals surface area contributed by atoms with Gasteiger partial charge in [-0.25, -0.2) is 0 Å². The van der Waals surface area contributed by atoms with Crippen LogP contribution in [0.5, 0.6) is 5.75 Å². The van der Waals surface area contributed by atoms with E-state index in [0.717, 1.165) is 11.3 Å². The van der Waals surface area contributed by atoms with Crippen molar-refractivity contribution in [2.24, 2.45) is 0 Å². The monoisotopic (exact) mass is 228 g/mol. The summed E-state index contributed by atoms with van der Waals surface area (Å²) in [5.41, 5.74) is 0.928. The van der Waals surface area contributed by atoms with E-state index in [0.29, 0.717) is 11.4 Å². The lowest BCUT2D eigenvalue weighted by atomic mass is 9.82. The molecule has 0 aliphatic heterocycles. The Hall–Kier alpha value is -0.730. The van der Waals surface area contributed by atoms with E-state index in [9.17, 15) is 0 Å². The van der Waals surface area contributed by atoms with Gasteiger partial charge < -0.3 is 9.84 Å². The second-order valence-electron chi connectivity index (χ2n) is 4.20. The van der Waals surface area contributed by atoms with Gasteiger partial charge in [0.05, 0.1) is 7.11 Å². The largest absolute Gasteiger partial charge is 0.497 e. The predicted octanol–water partition coefficient (Wildman–Crippen LogP) is 3.01. The highest BCUT2D eigenvalue weighted by atomic mass is 35.5. The number of hydrogen-bond donors (Lipinski definition) is 1. The minimum Gasteiger partial charge on any atom is -0.497 e. The quantitative estimate of drug-likeness (QED) is 0.859. The summed E-state index contributed by atoms with van der Waals surface area (Å²) >= 11 is 6.17. The number of hydrogen-bond acceptors (Lipinski definition) is 2. The van der Waals surface area contributed by atoms with Crippen molar-refractivity contribution in [1.82, 2.24) is 0 Å². The van der Waals surface area contributed by atoms with E-state index in [1.807, 2.05) is 12.1 Å². The van der Waals surface area contributed by atoms with E-state index in [-0.39, 0.29) is 12.0 Å². The van der Waals surface area contributed by atoms with Gasteiger partial charge in [0.2, 0.25) is 0 Å². The molecule has 1 aromatic carbocycles. The van der Waals surface area contributed by atoms with Crippen LogP contribution in [0.4, 0.5) is 0 Å². The number of ether oxygens (including phenoxy) is 1. The van der Waals surface area contributed by atoms with Crippen molar-refractivity contribution in [2.75, 3.05) is 13.7 Å². The van der Waals surface area contributed by atoms with Crippen molar-refractivity contribution in [2.45, 2.75) is 25.7 Å². The highest BCUT2D eigenvalue weighted by Gasteiger charge is 2.22. The number of rotatable bonds is 4. The van der Waals surface area contributed by atoms with Gasteiger partial charge in [0.25, 0.3) is 0 Å². The minimum absolute atomic E-state index is 0.113. The minimum atomic E-state index is -0.113. The zero-order chi connectivity index (χ0) is 11.5. The van der Waals surface area contributed by atoms with Crippen LogP contribution in [-0.4, -0.2) is 18.8 Å². The Labute approximate surface area is 95.8 Å². The molecule has 0 heterocycles. The first kappa shape index (κ1) is 12.3. The molecular weight excluding hydrogens is 212 g/mol. The molecule has 0 aliphatic rings. The van der Waals surface area contributed by atoms with E-state index in [1.54, 1.807) is 13.2 Å². The Kier molecular flexibility index (Phi) is 4.00. The molecular formula is C12H17ClO2. The van der Waals surface area contributed by atoms with Gasteiger partial charge in [0, 0.05) is 11.6 Å². The van der Waals surface area contributed by atoms with Crippen molar-refractivity contribution in [3.8, 4) is 5.75 Å². The molecule has 0 bridgehead atoms. The van der Waals surface area contributed by atoms with Crippen molar-refractivity contribution < 1.29 is 9.84 Å². The molecule has 1 aromatic rings. The van der Waals surface area contributed by atoms with Crippen molar-refractivity contribution >= 4 is 11.6 Å². The molecule has 15 heavy (non-hydrogen) atoms. The van der Waals surface area contributed by atoms with Gasteiger partial charge >= 0.3 is 0 Å². The lowest BCUT2D eigenvalue weighted by Crippen LogP contribution is -2.19. The fourth-order valence-electron chi connectivity index (χ4n) is 1.59. The summed E-state index contributed by atoms with van der Waals surface area (Å²) in [7, 11) is 1.62. The van der Waals surface area contributed by atoms with Gasteiger partial charge in [-0.2, -0.15) is 0 Å². The van der Waals surface area contributed by atoms with E-state index in [1.165, 1.54) is 0 Å². The van der Waals surface area contributed by atoms with Crippen LogP contribution in [0.1, 0.15) is 25.8 Å². The molecule has 0 radical (unpaired) electrons. The van der Waals surface area contributed by atoms with Crippen molar-refractivity contribution in [3.05, 3.63) is 28.8 Å². The molecule has 0 amide bonds. The Balaban J connectivity index is 3.04. The zero-order valence-electron chi connectivity index (χ0n) is 9.38. The van der Waals surface area contributed by atoms with Crippen LogP contribution in [0.25, 0.3) is 0 Å². The lowest BCUT2D eigenvalue weighted by Gasteiger charge is -2.25. The Morgan fingerprint density at radius 2 is 2.07 bits per heavy atom. The summed E-state index contributed by atoms with van der Waals surface area (Å²) in [5, 5.41) is 9.67. The standard InChI is InChI=1S/C12H17ClO2/c1-12(2,6-7-14)10-5-4-9(15-3)8-11(10)13/h4-5,8,14H,6-7H2,1-3H3. The Morgan fingerprint density at radius 1 is 1.40 bits per heavy atom. The summed E-state index contributed by atoms with van der Waals surface area (Å²) in [4.78, 5) is 0. The molecule has 3 heteroatoms. The molecule has 0 saturated carbocycles. The van der Waals surface area contributed by atoms with Crippen molar-refractivity contribution in [1.29, 1.82) is 0 Å². The molecule has 0 atom stereocenters. The van der Waals surface area contributed by atoms with Gasteiger partial charge in [-0.05, 0) is 29.5 Å². The molecule has 0 aliphatic carbocycles. The molecule has 2 nitrogen and oxygen atoms in total. The predicted molar refractivity (Wildman–Crippen MR) is 62.7 cm³/mol. The molecule has 0 saturated heterocycles. The van der Waals surface area contributed by atoms with Gasteiger partial charge in [0.1, 0.15) is 5.75 Å². The molecule has 1 rings (SSSR count). The van der Waals surface area contributed by atoms with Crippen LogP contribution in [-0.2, 0) is 5.41 Å². The van der Waals surface area contributed by atoms with Gasteiger partial charge in [0.15, 0.2) is 0 Å². The average molecular weight is 229 g/mol. The molecule has 1 N–H and O–H groups in total. The fraction of sp³-hybridized carbons (Fsp3) is 0.500. The highest BCUT2D eigenvalue weighted by Crippen LogP contribution is 2.34. The maximum absolute atomic E-state index is 8.99. The van der Waals surface area contributed by atoms with E-state index < -0.39 is 0 Å². The van der Waals surface area contributed by atoms with Crippen LogP contribution < -0.4 is 4.74 Å². The smallest absolute Gasteiger partial charge is 0.120 e. The van der Waals surface area contributed by atoms with E-state index in [4.69, 9.17) is 21.4 Å². The summed E-state index contributed by atoms with van der Waals surface area (Å²) in [6.45, 7) is 4.29. The highest BCUT2D eigenvalue weighted by molar-refractivity contribution is 6.31. The Morgan fingerprint density at radius 3 is 2.53 bits per heavy atom. The second-order valence-corrected chi connectivity index (χ2v) is 4.61. The van der Waals surface area contributed by atoms with Crippen LogP contribution in [0, 0.1) is 0 Å².